The highest BCUT2D eigenvalue weighted by atomic mass is 35.5. The van der Waals surface area contributed by atoms with Crippen LogP contribution in [0.4, 0.5) is 0 Å². The van der Waals surface area contributed by atoms with E-state index in [1.807, 2.05) is 24.3 Å². The lowest BCUT2D eigenvalue weighted by Gasteiger charge is -2.05. The fraction of sp³-hybridized carbons (Fsp3) is 0.167. The summed E-state index contributed by atoms with van der Waals surface area (Å²) in [5.41, 5.74) is 0.866. The molecule has 0 aliphatic rings. The molecule has 0 atom stereocenters. The number of ether oxygens (including phenoxy) is 1. The van der Waals surface area contributed by atoms with Crippen LogP contribution in [0.15, 0.2) is 40.4 Å². The van der Waals surface area contributed by atoms with Crippen molar-refractivity contribution in [1.29, 1.82) is 0 Å². The van der Waals surface area contributed by atoms with Gasteiger partial charge in [-0.05, 0) is 17.7 Å². The molecule has 2 rings (SSSR count). The van der Waals surface area contributed by atoms with Gasteiger partial charge in [0.2, 0.25) is 0 Å². The number of aliphatic hydroxyl groups is 1. The van der Waals surface area contributed by atoms with E-state index in [4.69, 9.17) is 21.4 Å². The van der Waals surface area contributed by atoms with Crippen LogP contribution < -0.4 is 4.74 Å². The molecule has 2 aromatic rings. The zero-order valence-electron chi connectivity index (χ0n) is 9.63. The predicted octanol–water partition coefficient (Wildman–Crippen LogP) is 2.78. The average Bonchev–Trinajstić information content (AvgIpc) is 2.42. The van der Waals surface area contributed by atoms with Gasteiger partial charge in [0.1, 0.15) is 5.03 Å². The number of hydrogen-bond donors (Lipinski definition) is 1. The standard InChI is InChI=1S/C12H11ClN2O2S/c1-17-12-14-6-10(13)11(15-12)18-9-4-2-8(7-16)3-5-9/h2-6,16H,7H2,1H3. The first kappa shape index (κ1) is 13.1. The van der Waals surface area contributed by atoms with E-state index < -0.39 is 0 Å². The monoisotopic (exact) mass is 282 g/mol. The van der Waals surface area contributed by atoms with Gasteiger partial charge in [-0.3, -0.25) is 0 Å². The second kappa shape index (κ2) is 6.04. The van der Waals surface area contributed by atoms with Crippen LogP contribution in [0.5, 0.6) is 6.01 Å². The van der Waals surface area contributed by atoms with Crippen LogP contribution in [0.1, 0.15) is 5.56 Å². The quantitative estimate of drug-likeness (QED) is 0.874. The second-order valence-electron chi connectivity index (χ2n) is 3.41. The van der Waals surface area contributed by atoms with Crippen molar-refractivity contribution >= 4 is 23.4 Å². The number of benzene rings is 1. The normalized spacial score (nSPS) is 10.4. The minimum absolute atomic E-state index is 0.0348. The maximum Gasteiger partial charge on any atom is 0.317 e. The summed E-state index contributed by atoms with van der Waals surface area (Å²) in [5, 5.41) is 10.1. The predicted molar refractivity (Wildman–Crippen MR) is 70.1 cm³/mol. The van der Waals surface area contributed by atoms with Crippen LogP contribution >= 0.6 is 23.4 Å². The molecule has 18 heavy (non-hydrogen) atoms. The van der Waals surface area contributed by atoms with Crippen molar-refractivity contribution in [3.05, 3.63) is 41.0 Å². The third kappa shape index (κ3) is 3.13. The van der Waals surface area contributed by atoms with E-state index in [-0.39, 0.29) is 12.6 Å². The maximum absolute atomic E-state index is 8.97. The second-order valence-corrected chi connectivity index (χ2v) is 4.88. The molecule has 4 nitrogen and oxygen atoms in total. The zero-order valence-corrected chi connectivity index (χ0v) is 11.2. The van der Waals surface area contributed by atoms with Gasteiger partial charge < -0.3 is 9.84 Å². The summed E-state index contributed by atoms with van der Waals surface area (Å²) in [6.07, 6.45) is 1.51. The van der Waals surface area contributed by atoms with E-state index in [0.29, 0.717) is 10.0 Å². The average molecular weight is 283 g/mol. The molecule has 0 aliphatic heterocycles. The van der Waals surface area contributed by atoms with E-state index >= 15 is 0 Å². The summed E-state index contributed by atoms with van der Waals surface area (Å²) in [6.45, 7) is 0.0348. The number of methoxy groups -OCH3 is 1. The van der Waals surface area contributed by atoms with Crippen molar-refractivity contribution in [2.24, 2.45) is 0 Å². The number of aromatic nitrogens is 2. The van der Waals surface area contributed by atoms with E-state index in [1.54, 1.807) is 0 Å². The maximum atomic E-state index is 8.97. The molecule has 6 heteroatoms. The van der Waals surface area contributed by atoms with Crippen LogP contribution in [-0.2, 0) is 6.61 Å². The first-order chi connectivity index (χ1) is 8.72. The lowest BCUT2D eigenvalue weighted by atomic mass is 10.2. The lowest BCUT2D eigenvalue weighted by Crippen LogP contribution is -1.93. The number of halogens is 1. The Morgan fingerprint density at radius 3 is 2.67 bits per heavy atom. The molecule has 1 heterocycles. The number of hydrogen-bond acceptors (Lipinski definition) is 5. The molecule has 0 amide bonds. The van der Waals surface area contributed by atoms with Gasteiger partial charge in [-0.25, -0.2) is 4.98 Å². The van der Waals surface area contributed by atoms with Crippen molar-refractivity contribution in [3.63, 3.8) is 0 Å². The van der Waals surface area contributed by atoms with Crippen LogP contribution in [0.25, 0.3) is 0 Å². The number of rotatable bonds is 4. The highest BCUT2D eigenvalue weighted by molar-refractivity contribution is 7.99. The van der Waals surface area contributed by atoms with Crippen LogP contribution in [-0.4, -0.2) is 22.2 Å². The molecule has 1 N–H and O–H groups in total. The number of aliphatic hydroxyl groups excluding tert-OH is 1. The summed E-state index contributed by atoms with van der Waals surface area (Å²) in [4.78, 5) is 9.07. The Bertz CT molecular complexity index is 534. The molecule has 0 bridgehead atoms. The van der Waals surface area contributed by atoms with Gasteiger partial charge in [-0.1, -0.05) is 35.5 Å². The summed E-state index contributed by atoms with van der Waals surface area (Å²) in [5.74, 6) is 0. The highest BCUT2D eigenvalue weighted by Gasteiger charge is 2.07. The van der Waals surface area contributed by atoms with E-state index in [0.717, 1.165) is 10.5 Å². The topological polar surface area (TPSA) is 55.2 Å². The summed E-state index contributed by atoms with van der Waals surface area (Å²) in [7, 11) is 1.51. The van der Waals surface area contributed by atoms with Crippen molar-refractivity contribution in [2.75, 3.05) is 7.11 Å². The molecule has 0 saturated carbocycles. The molecular weight excluding hydrogens is 272 g/mol. The molecule has 0 unspecified atom stereocenters. The minimum Gasteiger partial charge on any atom is -0.467 e. The third-order valence-corrected chi connectivity index (χ3v) is 3.59. The van der Waals surface area contributed by atoms with Crippen molar-refractivity contribution in [3.8, 4) is 6.01 Å². The molecule has 0 fully saturated rings. The van der Waals surface area contributed by atoms with E-state index in [9.17, 15) is 0 Å². The Morgan fingerprint density at radius 2 is 2.06 bits per heavy atom. The zero-order chi connectivity index (χ0) is 13.0. The summed E-state index contributed by atoms with van der Waals surface area (Å²) in [6, 6.07) is 7.81. The van der Waals surface area contributed by atoms with Crippen molar-refractivity contribution in [1.82, 2.24) is 9.97 Å². The van der Waals surface area contributed by atoms with Crippen molar-refractivity contribution in [2.45, 2.75) is 16.5 Å². The fourth-order valence-corrected chi connectivity index (χ4v) is 2.26. The Balaban J connectivity index is 2.21. The van der Waals surface area contributed by atoms with Gasteiger partial charge in [0, 0.05) is 4.90 Å². The molecule has 1 aromatic carbocycles. The van der Waals surface area contributed by atoms with E-state index in [1.165, 1.54) is 25.1 Å². The van der Waals surface area contributed by atoms with Gasteiger partial charge in [-0.2, -0.15) is 4.98 Å². The SMILES string of the molecule is COc1ncc(Cl)c(Sc2ccc(CO)cc2)n1. The largest absolute Gasteiger partial charge is 0.467 e. The van der Waals surface area contributed by atoms with Gasteiger partial charge in [-0.15, -0.1) is 0 Å². The minimum atomic E-state index is 0.0348. The lowest BCUT2D eigenvalue weighted by molar-refractivity contribution is 0.282. The molecule has 1 aromatic heterocycles. The molecule has 94 valence electrons. The Hall–Kier alpha value is -1.30. The molecule has 0 radical (unpaired) electrons. The van der Waals surface area contributed by atoms with Gasteiger partial charge in [0.25, 0.3) is 0 Å². The van der Waals surface area contributed by atoms with Crippen LogP contribution in [0.3, 0.4) is 0 Å². The number of nitrogens with zero attached hydrogens (tertiary/aromatic N) is 2. The Labute approximate surface area is 114 Å². The van der Waals surface area contributed by atoms with Crippen molar-refractivity contribution < 1.29 is 9.84 Å². The van der Waals surface area contributed by atoms with Gasteiger partial charge in [0.05, 0.1) is 24.9 Å². The molecule has 0 saturated heterocycles. The van der Waals surface area contributed by atoms with Gasteiger partial charge >= 0.3 is 6.01 Å². The van der Waals surface area contributed by atoms with Crippen LogP contribution in [0.2, 0.25) is 5.02 Å². The Kier molecular flexibility index (Phi) is 4.41. The molecule has 0 spiro atoms. The molecule has 0 aliphatic carbocycles. The smallest absolute Gasteiger partial charge is 0.317 e. The first-order valence-electron chi connectivity index (χ1n) is 5.17. The summed E-state index contributed by atoms with van der Waals surface area (Å²) < 4.78 is 4.96. The fourth-order valence-electron chi connectivity index (χ4n) is 1.28. The van der Waals surface area contributed by atoms with E-state index in [2.05, 4.69) is 9.97 Å². The first-order valence-corrected chi connectivity index (χ1v) is 6.36. The van der Waals surface area contributed by atoms with Crippen LogP contribution in [0, 0.1) is 0 Å². The summed E-state index contributed by atoms with van der Waals surface area (Å²) >= 11 is 7.44. The molecular formula is C12H11ClN2O2S. The third-order valence-electron chi connectivity index (χ3n) is 2.19. The van der Waals surface area contributed by atoms with Gasteiger partial charge in [0.15, 0.2) is 0 Å². The highest BCUT2D eigenvalue weighted by Crippen LogP contribution is 2.32. The Morgan fingerprint density at radius 1 is 1.33 bits per heavy atom.